The van der Waals surface area contributed by atoms with Gasteiger partial charge in [0.15, 0.2) is 0 Å². The third-order valence-electron chi connectivity index (χ3n) is 4.20. The number of benzene rings is 2. The van der Waals surface area contributed by atoms with Crippen molar-refractivity contribution < 1.29 is 9.59 Å². The highest BCUT2D eigenvalue weighted by molar-refractivity contribution is 7.99. The number of hydrogen-bond donors (Lipinski definition) is 1. The van der Waals surface area contributed by atoms with Crippen LogP contribution in [0.15, 0.2) is 48.5 Å². The molecule has 0 radical (unpaired) electrons. The number of amides is 2. The molecule has 4 nitrogen and oxygen atoms in total. The van der Waals surface area contributed by atoms with Crippen molar-refractivity contribution in [3.8, 4) is 0 Å². The van der Waals surface area contributed by atoms with Gasteiger partial charge in [-0.25, -0.2) is 0 Å². The van der Waals surface area contributed by atoms with E-state index in [9.17, 15) is 9.59 Å². The van der Waals surface area contributed by atoms with E-state index in [4.69, 9.17) is 0 Å². The van der Waals surface area contributed by atoms with Crippen LogP contribution in [0.2, 0.25) is 0 Å². The Kier molecular flexibility index (Phi) is 5.76. The molecule has 0 spiro atoms. The van der Waals surface area contributed by atoms with Crippen LogP contribution in [0.4, 0.5) is 11.4 Å². The fourth-order valence-corrected chi connectivity index (χ4v) is 3.70. The number of aryl methyl sites for hydroxylation is 1. The van der Waals surface area contributed by atoms with Crippen LogP contribution in [0.25, 0.3) is 0 Å². The zero-order valence-corrected chi connectivity index (χ0v) is 15.1. The number of nitrogens with zero attached hydrogens (tertiary/aromatic N) is 1. The number of rotatable bonds is 6. The first kappa shape index (κ1) is 17.5. The lowest BCUT2D eigenvalue weighted by Gasteiger charge is -2.19. The van der Waals surface area contributed by atoms with Gasteiger partial charge in [0, 0.05) is 30.1 Å². The summed E-state index contributed by atoms with van der Waals surface area (Å²) in [6, 6.07) is 15.9. The number of nitrogens with one attached hydrogen (secondary N) is 1. The molecule has 25 heavy (non-hydrogen) atoms. The summed E-state index contributed by atoms with van der Waals surface area (Å²) in [4.78, 5) is 26.0. The highest BCUT2D eigenvalue weighted by Gasteiger charge is 2.23. The van der Waals surface area contributed by atoms with Crippen molar-refractivity contribution in [1.82, 2.24) is 0 Å². The SMILES string of the molecule is Cc1ccc(NC(=O)CSCc2ccccc2)cc1N1CCCC1=O. The molecule has 3 rings (SSSR count). The van der Waals surface area contributed by atoms with Gasteiger partial charge < -0.3 is 10.2 Å². The van der Waals surface area contributed by atoms with Crippen LogP contribution >= 0.6 is 11.8 Å². The number of anilines is 2. The van der Waals surface area contributed by atoms with Crippen LogP contribution in [0.3, 0.4) is 0 Å². The van der Waals surface area contributed by atoms with E-state index in [0.29, 0.717) is 12.2 Å². The summed E-state index contributed by atoms with van der Waals surface area (Å²) in [7, 11) is 0. The van der Waals surface area contributed by atoms with Crippen LogP contribution in [0.1, 0.15) is 24.0 Å². The molecule has 1 heterocycles. The number of carbonyl (C=O) groups is 2. The van der Waals surface area contributed by atoms with Gasteiger partial charge in [0.05, 0.1) is 5.75 Å². The second-order valence-electron chi connectivity index (χ2n) is 6.18. The fourth-order valence-electron chi connectivity index (χ4n) is 2.91. The average Bonchev–Trinajstić information content (AvgIpc) is 3.03. The molecule has 5 heteroatoms. The van der Waals surface area contributed by atoms with Gasteiger partial charge in [0.2, 0.25) is 11.8 Å². The Morgan fingerprint density at radius 2 is 2.00 bits per heavy atom. The third-order valence-corrected chi connectivity index (χ3v) is 5.21. The Balaban J connectivity index is 1.57. The Morgan fingerprint density at radius 1 is 1.20 bits per heavy atom. The van der Waals surface area contributed by atoms with Crippen LogP contribution in [0.5, 0.6) is 0 Å². The summed E-state index contributed by atoms with van der Waals surface area (Å²) in [5, 5.41) is 2.94. The smallest absolute Gasteiger partial charge is 0.234 e. The van der Waals surface area contributed by atoms with Gasteiger partial charge in [-0.15, -0.1) is 11.8 Å². The van der Waals surface area contributed by atoms with E-state index >= 15 is 0 Å². The molecule has 0 atom stereocenters. The van der Waals surface area contributed by atoms with E-state index < -0.39 is 0 Å². The van der Waals surface area contributed by atoms with Gasteiger partial charge in [-0.3, -0.25) is 9.59 Å². The molecule has 1 aliphatic rings. The fraction of sp³-hybridized carbons (Fsp3) is 0.300. The van der Waals surface area contributed by atoms with Crippen LogP contribution in [0, 0.1) is 6.92 Å². The lowest BCUT2D eigenvalue weighted by molar-refractivity contribution is -0.117. The molecule has 1 aliphatic heterocycles. The van der Waals surface area contributed by atoms with E-state index in [0.717, 1.165) is 35.7 Å². The monoisotopic (exact) mass is 354 g/mol. The minimum Gasteiger partial charge on any atom is -0.325 e. The predicted molar refractivity (Wildman–Crippen MR) is 104 cm³/mol. The van der Waals surface area contributed by atoms with Gasteiger partial charge in [0.1, 0.15) is 0 Å². The van der Waals surface area contributed by atoms with Crippen molar-refractivity contribution in [3.05, 3.63) is 59.7 Å². The minimum absolute atomic E-state index is 0.0246. The molecule has 130 valence electrons. The average molecular weight is 354 g/mol. The second kappa shape index (κ2) is 8.21. The molecule has 0 saturated carbocycles. The van der Waals surface area contributed by atoms with Crippen molar-refractivity contribution in [3.63, 3.8) is 0 Å². The minimum atomic E-state index is -0.0246. The maximum atomic E-state index is 12.2. The van der Waals surface area contributed by atoms with Crippen molar-refractivity contribution in [2.24, 2.45) is 0 Å². The lowest BCUT2D eigenvalue weighted by Crippen LogP contribution is -2.24. The summed E-state index contributed by atoms with van der Waals surface area (Å²) in [6.45, 7) is 2.74. The molecule has 1 N–H and O–H groups in total. The molecule has 2 amide bonds. The zero-order valence-electron chi connectivity index (χ0n) is 14.3. The molecule has 0 aromatic heterocycles. The Bertz CT molecular complexity index is 762. The quantitative estimate of drug-likeness (QED) is 0.853. The Hall–Kier alpha value is -2.27. The van der Waals surface area contributed by atoms with E-state index in [1.807, 2.05) is 48.2 Å². The van der Waals surface area contributed by atoms with E-state index in [2.05, 4.69) is 17.4 Å². The maximum absolute atomic E-state index is 12.2. The first-order valence-electron chi connectivity index (χ1n) is 8.46. The first-order chi connectivity index (χ1) is 12.1. The van der Waals surface area contributed by atoms with Crippen molar-refractivity contribution in [1.29, 1.82) is 0 Å². The van der Waals surface area contributed by atoms with E-state index in [1.165, 1.54) is 5.56 Å². The molecule has 2 aromatic rings. The van der Waals surface area contributed by atoms with Gasteiger partial charge >= 0.3 is 0 Å². The molecular weight excluding hydrogens is 332 g/mol. The summed E-state index contributed by atoms with van der Waals surface area (Å²) in [5.41, 5.74) is 3.90. The molecule has 1 saturated heterocycles. The normalized spacial score (nSPS) is 14.0. The van der Waals surface area contributed by atoms with E-state index in [1.54, 1.807) is 11.8 Å². The van der Waals surface area contributed by atoms with Gasteiger partial charge in [-0.2, -0.15) is 0 Å². The predicted octanol–water partition coefficient (Wildman–Crippen LogP) is 3.99. The summed E-state index contributed by atoms with van der Waals surface area (Å²) < 4.78 is 0. The van der Waals surface area contributed by atoms with Crippen molar-refractivity contribution >= 4 is 35.0 Å². The third kappa shape index (κ3) is 4.63. The maximum Gasteiger partial charge on any atom is 0.234 e. The lowest BCUT2D eigenvalue weighted by atomic mass is 10.1. The molecule has 2 aromatic carbocycles. The van der Waals surface area contributed by atoms with Gasteiger partial charge in [0.25, 0.3) is 0 Å². The zero-order chi connectivity index (χ0) is 17.6. The van der Waals surface area contributed by atoms with E-state index in [-0.39, 0.29) is 11.8 Å². The Labute approximate surface area is 152 Å². The first-order valence-corrected chi connectivity index (χ1v) is 9.61. The largest absolute Gasteiger partial charge is 0.325 e. The van der Waals surface area contributed by atoms with Crippen LogP contribution in [-0.2, 0) is 15.3 Å². The number of carbonyl (C=O) groups excluding carboxylic acids is 2. The molecule has 0 bridgehead atoms. The highest BCUT2D eigenvalue weighted by Crippen LogP contribution is 2.28. The summed E-state index contributed by atoms with van der Waals surface area (Å²) in [5.74, 6) is 1.35. The standard InChI is InChI=1S/C20H22N2O2S/c1-15-9-10-17(12-18(15)22-11-5-8-20(22)24)21-19(23)14-25-13-16-6-3-2-4-7-16/h2-4,6-7,9-10,12H,5,8,11,13-14H2,1H3,(H,21,23). The summed E-state index contributed by atoms with van der Waals surface area (Å²) in [6.07, 6.45) is 1.50. The van der Waals surface area contributed by atoms with Gasteiger partial charge in [-0.05, 0) is 36.6 Å². The number of thioether (sulfide) groups is 1. The Morgan fingerprint density at radius 3 is 2.72 bits per heavy atom. The molecular formula is C20H22N2O2S. The molecule has 0 aliphatic carbocycles. The second-order valence-corrected chi connectivity index (χ2v) is 7.16. The summed E-state index contributed by atoms with van der Waals surface area (Å²) >= 11 is 1.59. The molecule has 1 fully saturated rings. The highest BCUT2D eigenvalue weighted by atomic mass is 32.2. The number of hydrogen-bond acceptors (Lipinski definition) is 3. The topological polar surface area (TPSA) is 49.4 Å². The van der Waals surface area contributed by atoms with Crippen LogP contribution in [-0.4, -0.2) is 24.1 Å². The van der Waals surface area contributed by atoms with Crippen molar-refractivity contribution in [2.45, 2.75) is 25.5 Å². The van der Waals surface area contributed by atoms with Crippen LogP contribution < -0.4 is 10.2 Å². The van der Waals surface area contributed by atoms with Crippen molar-refractivity contribution in [2.75, 3.05) is 22.5 Å². The molecule has 0 unspecified atom stereocenters. The van der Waals surface area contributed by atoms with Gasteiger partial charge in [-0.1, -0.05) is 36.4 Å².